The maximum atomic E-state index is 12.4. The van der Waals surface area contributed by atoms with Crippen molar-refractivity contribution >= 4 is 5.91 Å². The molecule has 0 spiro atoms. The van der Waals surface area contributed by atoms with E-state index in [0.717, 1.165) is 31.6 Å². The SMILES string of the molecule is O=C(NC1CCCCN1N1CCCCC1)c1ccccc1. The number of hydrogen-bond acceptors (Lipinski definition) is 3. The molecule has 2 aliphatic rings. The minimum atomic E-state index is 0.0458. The Bertz CT molecular complexity index is 456. The van der Waals surface area contributed by atoms with E-state index in [9.17, 15) is 4.79 Å². The number of piperidine rings is 2. The molecule has 1 aromatic rings. The van der Waals surface area contributed by atoms with E-state index in [0.29, 0.717) is 0 Å². The normalized spacial score (nSPS) is 24.7. The first kappa shape index (κ1) is 14.5. The molecule has 0 aliphatic carbocycles. The molecule has 1 N–H and O–H groups in total. The van der Waals surface area contributed by atoms with Crippen molar-refractivity contribution in [3.63, 3.8) is 0 Å². The number of hydrazine groups is 1. The number of carbonyl (C=O) groups excluding carboxylic acids is 1. The minimum Gasteiger partial charge on any atom is -0.335 e. The number of carbonyl (C=O) groups is 1. The van der Waals surface area contributed by atoms with Gasteiger partial charge in [0, 0.05) is 25.2 Å². The summed E-state index contributed by atoms with van der Waals surface area (Å²) in [5, 5.41) is 8.09. The lowest BCUT2D eigenvalue weighted by Crippen LogP contribution is -2.58. The van der Waals surface area contributed by atoms with Crippen LogP contribution in [0.2, 0.25) is 0 Å². The first-order chi connectivity index (χ1) is 10.3. The first-order valence-corrected chi connectivity index (χ1v) is 8.22. The fourth-order valence-electron chi connectivity index (χ4n) is 3.36. The fourth-order valence-corrected chi connectivity index (χ4v) is 3.36. The Morgan fingerprint density at radius 2 is 1.67 bits per heavy atom. The smallest absolute Gasteiger partial charge is 0.252 e. The van der Waals surface area contributed by atoms with E-state index in [2.05, 4.69) is 15.3 Å². The van der Waals surface area contributed by atoms with Gasteiger partial charge in [0.05, 0.1) is 6.17 Å². The van der Waals surface area contributed by atoms with Crippen molar-refractivity contribution in [2.45, 2.75) is 44.7 Å². The maximum Gasteiger partial charge on any atom is 0.252 e. The molecule has 1 amide bonds. The molecule has 0 aromatic heterocycles. The number of benzene rings is 1. The first-order valence-electron chi connectivity index (χ1n) is 8.22. The van der Waals surface area contributed by atoms with Gasteiger partial charge in [0.15, 0.2) is 0 Å². The summed E-state index contributed by atoms with van der Waals surface area (Å²) < 4.78 is 0. The molecule has 1 unspecified atom stereocenters. The van der Waals surface area contributed by atoms with Gasteiger partial charge in [0.1, 0.15) is 0 Å². The highest BCUT2D eigenvalue weighted by molar-refractivity contribution is 5.94. The van der Waals surface area contributed by atoms with Crippen LogP contribution in [0.3, 0.4) is 0 Å². The molecule has 4 heteroatoms. The second kappa shape index (κ2) is 7.05. The Morgan fingerprint density at radius 1 is 0.952 bits per heavy atom. The summed E-state index contributed by atoms with van der Waals surface area (Å²) in [4.78, 5) is 12.4. The summed E-state index contributed by atoms with van der Waals surface area (Å²) >= 11 is 0. The summed E-state index contributed by atoms with van der Waals surface area (Å²) in [6.07, 6.45) is 7.52. The van der Waals surface area contributed by atoms with Crippen LogP contribution in [-0.2, 0) is 0 Å². The van der Waals surface area contributed by atoms with Crippen LogP contribution in [0.5, 0.6) is 0 Å². The summed E-state index contributed by atoms with van der Waals surface area (Å²) in [6.45, 7) is 3.34. The molecule has 0 saturated carbocycles. The third-order valence-electron chi connectivity index (χ3n) is 4.50. The predicted octanol–water partition coefficient (Wildman–Crippen LogP) is 2.63. The van der Waals surface area contributed by atoms with Gasteiger partial charge in [-0.15, -0.1) is 0 Å². The van der Waals surface area contributed by atoms with Gasteiger partial charge in [0.2, 0.25) is 0 Å². The van der Waals surface area contributed by atoms with E-state index >= 15 is 0 Å². The number of hydrogen-bond donors (Lipinski definition) is 1. The van der Waals surface area contributed by atoms with Crippen molar-refractivity contribution < 1.29 is 4.79 Å². The standard InChI is InChI=1S/C17H25N3O/c21-17(15-9-3-1-4-10-15)18-16-11-5-8-14-20(16)19-12-6-2-7-13-19/h1,3-4,9-10,16H,2,5-8,11-14H2,(H,18,21). The molecule has 2 saturated heterocycles. The molecular weight excluding hydrogens is 262 g/mol. The molecule has 2 aliphatic heterocycles. The molecule has 4 nitrogen and oxygen atoms in total. The van der Waals surface area contributed by atoms with E-state index in [1.54, 1.807) is 0 Å². The molecule has 0 bridgehead atoms. The van der Waals surface area contributed by atoms with E-state index in [4.69, 9.17) is 0 Å². The van der Waals surface area contributed by atoms with Gasteiger partial charge >= 0.3 is 0 Å². The molecule has 0 radical (unpaired) electrons. The zero-order valence-electron chi connectivity index (χ0n) is 12.6. The largest absolute Gasteiger partial charge is 0.335 e. The van der Waals surface area contributed by atoms with Crippen molar-refractivity contribution in [2.75, 3.05) is 19.6 Å². The maximum absolute atomic E-state index is 12.4. The van der Waals surface area contributed by atoms with Crippen molar-refractivity contribution in [3.8, 4) is 0 Å². The lowest BCUT2D eigenvalue weighted by molar-refractivity contribution is -0.0950. The Labute approximate surface area is 127 Å². The highest BCUT2D eigenvalue weighted by atomic mass is 16.2. The number of rotatable bonds is 3. The number of nitrogens with zero attached hydrogens (tertiary/aromatic N) is 2. The summed E-state index contributed by atoms with van der Waals surface area (Å²) in [5.74, 6) is 0.0458. The van der Waals surface area contributed by atoms with E-state index in [1.807, 2.05) is 30.3 Å². The Balaban J connectivity index is 1.65. The number of nitrogens with one attached hydrogen (secondary N) is 1. The summed E-state index contributed by atoms with van der Waals surface area (Å²) in [5.41, 5.74) is 0.752. The summed E-state index contributed by atoms with van der Waals surface area (Å²) in [7, 11) is 0. The zero-order chi connectivity index (χ0) is 14.5. The van der Waals surface area contributed by atoms with Gasteiger partial charge < -0.3 is 5.32 Å². The molecule has 21 heavy (non-hydrogen) atoms. The highest BCUT2D eigenvalue weighted by Crippen LogP contribution is 2.21. The second-order valence-electron chi connectivity index (χ2n) is 6.03. The van der Waals surface area contributed by atoms with Crippen molar-refractivity contribution in [1.29, 1.82) is 0 Å². The van der Waals surface area contributed by atoms with Crippen molar-refractivity contribution in [2.24, 2.45) is 0 Å². The van der Waals surface area contributed by atoms with Crippen LogP contribution in [0.15, 0.2) is 30.3 Å². The monoisotopic (exact) mass is 287 g/mol. The molecule has 1 aromatic carbocycles. The minimum absolute atomic E-state index is 0.0458. The van der Waals surface area contributed by atoms with Gasteiger partial charge in [-0.05, 0) is 44.2 Å². The van der Waals surface area contributed by atoms with Crippen molar-refractivity contribution in [1.82, 2.24) is 15.3 Å². The predicted molar refractivity (Wildman–Crippen MR) is 83.7 cm³/mol. The van der Waals surface area contributed by atoms with E-state index < -0.39 is 0 Å². The van der Waals surface area contributed by atoms with Gasteiger partial charge in [-0.25, -0.2) is 10.0 Å². The number of amides is 1. The van der Waals surface area contributed by atoms with Gasteiger partial charge in [-0.3, -0.25) is 4.79 Å². The average Bonchev–Trinajstić information content (AvgIpc) is 2.57. The van der Waals surface area contributed by atoms with E-state index in [1.165, 1.54) is 32.1 Å². The summed E-state index contributed by atoms with van der Waals surface area (Å²) in [6, 6.07) is 9.53. The Kier molecular flexibility index (Phi) is 4.88. The second-order valence-corrected chi connectivity index (χ2v) is 6.03. The third-order valence-corrected chi connectivity index (χ3v) is 4.50. The molecule has 2 fully saturated rings. The van der Waals surface area contributed by atoms with Crippen LogP contribution in [0.1, 0.15) is 48.9 Å². The van der Waals surface area contributed by atoms with Crippen LogP contribution < -0.4 is 5.32 Å². The fraction of sp³-hybridized carbons (Fsp3) is 0.588. The van der Waals surface area contributed by atoms with Crippen LogP contribution in [0.25, 0.3) is 0 Å². The molecule has 3 rings (SSSR count). The molecule has 2 heterocycles. The quantitative estimate of drug-likeness (QED) is 0.928. The highest BCUT2D eigenvalue weighted by Gasteiger charge is 2.29. The van der Waals surface area contributed by atoms with Crippen molar-refractivity contribution in [3.05, 3.63) is 35.9 Å². The van der Waals surface area contributed by atoms with E-state index in [-0.39, 0.29) is 12.1 Å². The van der Waals surface area contributed by atoms with Crippen LogP contribution in [0.4, 0.5) is 0 Å². The third kappa shape index (κ3) is 3.63. The van der Waals surface area contributed by atoms with Crippen LogP contribution in [-0.4, -0.2) is 41.7 Å². The van der Waals surface area contributed by atoms with Gasteiger partial charge in [-0.2, -0.15) is 0 Å². The molecule has 114 valence electrons. The lowest BCUT2D eigenvalue weighted by atomic mass is 10.1. The Morgan fingerprint density at radius 3 is 2.43 bits per heavy atom. The van der Waals surface area contributed by atoms with Gasteiger partial charge in [0.25, 0.3) is 5.91 Å². The average molecular weight is 287 g/mol. The Hall–Kier alpha value is -1.39. The molecular formula is C17H25N3O. The van der Waals surface area contributed by atoms with Gasteiger partial charge in [-0.1, -0.05) is 24.6 Å². The molecule has 1 atom stereocenters. The van der Waals surface area contributed by atoms with Crippen LogP contribution >= 0.6 is 0 Å². The van der Waals surface area contributed by atoms with Crippen LogP contribution in [0, 0.1) is 0 Å². The lowest BCUT2D eigenvalue weighted by Gasteiger charge is -2.44. The zero-order valence-corrected chi connectivity index (χ0v) is 12.6. The topological polar surface area (TPSA) is 35.6 Å².